The normalized spacial score (nSPS) is 14.8. The van der Waals surface area contributed by atoms with Gasteiger partial charge in [0.1, 0.15) is 17.2 Å². The molecule has 0 spiro atoms. The number of amides is 1. The molecule has 198 valence electrons. The minimum atomic E-state index is -1.35. The fourth-order valence-electron chi connectivity index (χ4n) is 4.89. The van der Waals surface area contributed by atoms with Crippen molar-refractivity contribution in [2.24, 2.45) is 0 Å². The molecule has 5 rings (SSSR count). The summed E-state index contributed by atoms with van der Waals surface area (Å²) in [4.78, 5) is 27.3. The Bertz CT molecular complexity index is 1510. The molecule has 1 N–H and O–H groups in total. The first-order chi connectivity index (χ1) is 18.7. The second-order valence-corrected chi connectivity index (χ2v) is 10.2. The number of carboxylic acids is 1. The van der Waals surface area contributed by atoms with E-state index in [1.54, 1.807) is 24.3 Å². The van der Waals surface area contributed by atoms with Crippen LogP contribution >= 0.6 is 0 Å². The molecule has 1 amide bonds. The van der Waals surface area contributed by atoms with Crippen molar-refractivity contribution in [3.63, 3.8) is 0 Å². The van der Waals surface area contributed by atoms with Gasteiger partial charge in [-0.15, -0.1) is 0 Å². The number of carbonyl (C=O) groups is 2. The van der Waals surface area contributed by atoms with Crippen LogP contribution in [0.15, 0.2) is 97.1 Å². The molecule has 6 nitrogen and oxygen atoms in total. The maximum atomic E-state index is 13.9. The van der Waals surface area contributed by atoms with Gasteiger partial charge in [0.05, 0.1) is 6.04 Å². The summed E-state index contributed by atoms with van der Waals surface area (Å²) in [5, 5.41) is 9.36. The number of fused-ring (bicyclic) bond motifs is 1. The number of benzene rings is 4. The molecule has 1 aliphatic heterocycles. The third-order valence-corrected chi connectivity index (χ3v) is 7.00. The van der Waals surface area contributed by atoms with Crippen LogP contribution in [0.3, 0.4) is 0 Å². The van der Waals surface area contributed by atoms with Crippen LogP contribution in [0.25, 0.3) is 0 Å². The van der Waals surface area contributed by atoms with Crippen molar-refractivity contribution < 1.29 is 24.2 Å². The maximum absolute atomic E-state index is 13.9. The van der Waals surface area contributed by atoms with Crippen LogP contribution in [0.5, 0.6) is 17.2 Å². The molecule has 0 saturated heterocycles. The van der Waals surface area contributed by atoms with E-state index in [1.165, 1.54) is 19.4 Å². The molecule has 0 saturated carbocycles. The van der Waals surface area contributed by atoms with Crippen LogP contribution in [0.4, 0.5) is 0 Å². The van der Waals surface area contributed by atoms with E-state index in [9.17, 15) is 14.7 Å². The number of rotatable bonds is 7. The summed E-state index contributed by atoms with van der Waals surface area (Å²) in [6.45, 7) is 5.46. The predicted molar refractivity (Wildman–Crippen MR) is 150 cm³/mol. The zero-order chi connectivity index (χ0) is 27.6. The third kappa shape index (κ3) is 5.50. The first-order valence-corrected chi connectivity index (χ1v) is 13.0. The molecular formula is C33H31NO5. The maximum Gasteiger partial charge on any atom is 0.347 e. The largest absolute Gasteiger partial charge is 0.478 e. The smallest absolute Gasteiger partial charge is 0.347 e. The van der Waals surface area contributed by atoms with Gasteiger partial charge < -0.3 is 19.5 Å². The Morgan fingerprint density at radius 3 is 2.33 bits per heavy atom. The highest BCUT2D eigenvalue weighted by Crippen LogP contribution is 2.36. The van der Waals surface area contributed by atoms with Crippen LogP contribution in [-0.4, -0.2) is 34.0 Å². The van der Waals surface area contributed by atoms with Crippen LogP contribution < -0.4 is 9.47 Å². The van der Waals surface area contributed by atoms with E-state index in [2.05, 4.69) is 24.3 Å². The highest BCUT2D eigenvalue weighted by atomic mass is 16.5. The van der Waals surface area contributed by atoms with Crippen LogP contribution in [0.2, 0.25) is 0 Å². The number of hydrogen-bond acceptors (Lipinski definition) is 4. The fraction of sp³-hybridized carbons (Fsp3) is 0.212. The lowest BCUT2D eigenvalue weighted by atomic mass is 9.88. The summed E-state index contributed by atoms with van der Waals surface area (Å²) in [7, 11) is 0. The molecule has 1 heterocycles. The number of aliphatic carboxylic acids is 1. The Labute approximate surface area is 228 Å². The summed E-state index contributed by atoms with van der Waals surface area (Å²) in [6.07, 6.45) is 0.799. The topological polar surface area (TPSA) is 76.1 Å². The number of ether oxygens (including phenoxy) is 2. The van der Waals surface area contributed by atoms with Crippen molar-refractivity contribution in [2.75, 3.05) is 6.54 Å². The summed E-state index contributed by atoms with van der Waals surface area (Å²) in [6, 6.07) is 30.7. The lowest BCUT2D eigenvalue weighted by molar-refractivity contribution is -0.152. The summed E-state index contributed by atoms with van der Waals surface area (Å²) < 4.78 is 11.8. The Morgan fingerprint density at radius 1 is 0.872 bits per heavy atom. The predicted octanol–water partition coefficient (Wildman–Crippen LogP) is 6.82. The lowest BCUT2D eigenvalue weighted by Gasteiger charge is -2.38. The summed E-state index contributed by atoms with van der Waals surface area (Å²) in [5.41, 5.74) is 3.43. The van der Waals surface area contributed by atoms with Crippen molar-refractivity contribution in [3.05, 3.63) is 125 Å². The molecule has 0 radical (unpaired) electrons. The van der Waals surface area contributed by atoms with Gasteiger partial charge in [-0.2, -0.15) is 0 Å². The molecule has 0 bridgehead atoms. The Hall–Kier alpha value is -4.58. The molecule has 0 aromatic heterocycles. The quantitative estimate of drug-likeness (QED) is 0.289. The van der Waals surface area contributed by atoms with E-state index in [-0.39, 0.29) is 11.9 Å². The van der Waals surface area contributed by atoms with Crippen LogP contribution in [-0.2, 0) is 11.2 Å². The third-order valence-electron chi connectivity index (χ3n) is 7.00. The first kappa shape index (κ1) is 26.0. The lowest BCUT2D eigenvalue weighted by Crippen LogP contribution is -2.40. The van der Waals surface area contributed by atoms with Gasteiger partial charge in [-0.05, 0) is 85.8 Å². The average molecular weight is 522 g/mol. The minimum Gasteiger partial charge on any atom is -0.478 e. The first-order valence-electron chi connectivity index (χ1n) is 13.0. The molecule has 6 heteroatoms. The molecule has 1 atom stereocenters. The van der Waals surface area contributed by atoms with E-state index >= 15 is 0 Å². The van der Waals surface area contributed by atoms with E-state index < -0.39 is 11.6 Å². The molecule has 39 heavy (non-hydrogen) atoms. The molecule has 0 aliphatic carbocycles. The van der Waals surface area contributed by atoms with E-state index in [0.717, 1.165) is 23.1 Å². The molecule has 1 unspecified atom stereocenters. The number of aryl methyl sites for hydroxylation is 1. The highest BCUT2D eigenvalue weighted by Gasteiger charge is 2.33. The fourth-order valence-corrected chi connectivity index (χ4v) is 4.89. The van der Waals surface area contributed by atoms with Gasteiger partial charge in [0, 0.05) is 12.1 Å². The average Bonchev–Trinajstić information content (AvgIpc) is 2.94. The van der Waals surface area contributed by atoms with Crippen molar-refractivity contribution in [3.8, 4) is 17.2 Å². The molecule has 4 aromatic rings. The van der Waals surface area contributed by atoms with Crippen molar-refractivity contribution in [2.45, 2.75) is 38.8 Å². The van der Waals surface area contributed by atoms with Gasteiger partial charge in [-0.1, -0.05) is 60.7 Å². The molecule has 0 fully saturated rings. The Balaban J connectivity index is 1.39. The van der Waals surface area contributed by atoms with Crippen molar-refractivity contribution in [1.82, 2.24) is 4.90 Å². The monoisotopic (exact) mass is 521 g/mol. The van der Waals surface area contributed by atoms with Gasteiger partial charge in [-0.25, -0.2) is 4.79 Å². The van der Waals surface area contributed by atoms with E-state index in [4.69, 9.17) is 9.47 Å². The standard InChI is InChI=1S/C33H31NO5/c1-22-20-27(16-17-29(22)39-33(2,3)32(36)37)38-26-14-9-13-25(21-26)31(35)34-19-18-23-10-7-8-15-28(23)30(34)24-11-5-4-6-12-24/h4-17,20-21,30H,18-19H2,1-3H3,(H,36,37). The zero-order valence-corrected chi connectivity index (χ0v) is 22.3. The van der Waals surface area contributed by atoms with E-state index in [1.807, 2.05) is 60.4 Å². The second-order valence-electron chi connectivity index (χ2n) is 10.2. The molecular weight excluding hydrogens is 490 g/mol. The number of nitrogens with zero attached hydrogens (tertiary/aromatic N) is 1. The van der Waals surface area contributed by atoms with Gasteiger partial charge in [0.15, 0.2) is 5.60 Å². The SMILES string of the molecule is Cc1cc(Oc2cccc(C(=O)N3CCc4ccccc4C3c3ccccc3)c2)ccc1OC(C)(C)C(=O)O. The Kier molecular flexibility index (Phi) is 7.11. The second kappa shape index (κ2) is 10.7. The van der Waals surface area contributed by atoms with Crippen molar-refractivity contribution in [1.29, 1.82) is 0 Å². The molecule has 1 aliphatic rings. The number of carboxylic acid groups (broad SMARTS) is 1. The van der Waals surface area contributed by atoms with Gasteiger partial charge in [-0.3, -0.25) is 4.79 Å². The summed E-state index contributed by atoms with van der Waals surface area (Å²) in [5.74, 6) is 0.464. The van der Waals surface area contributed by atoms with Gasteiger partial charge >= 0.3 is 5.97 Å². The van der Waals surface area contributed by atoms with Crippen LogP contribution in [0, 0.1) is 6.92 Å². The van der Waals surface area contributed by atoms with Gasteiger partial charge in [0.25, 0.3) is 5.91 Å². The minimum absolute atomic E-state index is 0.0559. The van der Waals surface area contributed by atoms with E-state index in [0.29, 0.717) is 29.4 Å². The van der Waals surface area contributed by atoms with Gasteiger partial charge in [0.2, 0.25) is 0 Å². The Morgan fingerprint density at radius 2 is 1.59 bits per heavy atom. The van der Waals surface area contributed by atoms with Crippen molar-refractivity contribution >= 4 is 11.9 Å². The molecule has 4 aromatic carbocycles. The zero-order valence-electron chi connectivity index (χ0n) is 22.3. The number of hydrogen-bond donors (Lipinski definition) is 1. The highest BCUT2D eigenvalue weighted by molar-refractivity contribution is 5.95. The van der Waals surface area contributed by atoms with Crippen LogP contribution in [0.1, 0.15) is 52.5 Å². The number of carbonyl (C=O) groups excluding carboxylic acids is 1. The summed E-state index contributed by atoms with van der Waals surface area (Å²) >= 11 is 0.